The summed E-state index contributed by atoms with van der Waals surface area (Å²) in [5.74, 6) is 0.996. The van der Waals surface area contributed by atoms with Gasteiger partial charge in [0.1, 0.15) is 0 Å². The predicted octanol–water partition coefficient (Wildman–Crippen LogP) is 4.97. The lowest BCUT2D eigenvalue weighted by Crippen LogP contribution is -2.50. The van der Waals surface area contributed by atoms with E-state index in [2.05, 4.69) is 65.7 Å². The third-order valence-corrected chi connectivity index (χ3v) is 6.42. The van der Waals surface area contributed by atoms with Gasteiger partial charge in [0.05, 0.1) is 17.2 Å². The van der Waals surface area contributed by atoms with E-state index in [1.54, 1.807) is 0 Å². The van der Waals surface area contributed by atoms with E-state index in [0.717, 1.165) is 18.4 Å². The molecular weight excluding hydrogens is 308 g/mol. The minimum atomic E-state index is -0.165. The summed E-state index contributed by atoms with van der Waals surface area (Å²) >= 11 is 0. The normalized spacial score (nSPS) is 34.8. The Labute approximate surface area is 152 Å². The second kappa shape index (κ2) is 6.11. The molecule has 0 N–H and O–H groups in total. The van der Waals surface area contributed by atoms with Gasteiger partial charge in [-0.05, 0) is 70.4 Å². The molecule has 1 aliphatic carbocycles. The Morgan fingerprint density at radius 1 is 1.24 bits per heavy atom. The molecule has 1 aliphatic heterocycles. The van der Waals surface area contributed by atoms with Crippen molar-refractivity contribution in [2.75, 3.05) is 0 Å². The molecule has 0 amide bonds. The van der Waals surface area contributed by atoms with E-state index >= 15 is 0 Å². The lowest BCUT2D eigenvalue weighted by molar-refractivity contribution is -0.215. The van der Waals surface area contributed by atoms with Crippen LogP contribution in [0.3, 0.4) is 0 Å². The zero-order valence-corrected chi connectivity index (χ0v) is 16.8. The average molecular weight is 341 g/mol. The van der Waals surface area contributed by atoms with Crippen LogP contribution >= 0.6 is 0 Å². The first kappa shape index (κ1) is 18.4. The van der Waals surface area contributed by atoms with E-state index in [9.17, 15) is 5.26 Å². The van der Waals surface area contributed by atoms with Crippen molar-refractivity contribution in [2.24, 2.45) is 11.8 Å². The van der Waals surface area contributed by atoms with Gasteiger partial charge in [-0.25, -0.2) is 0 Å². The standard InChI is InChI=1S/C22H32N2O/c1-14(2)24-20-16(4)11-22(7,12-19(20)21(5,6)25-24)18-10-15(3)8-9-17(18)13-23/h8-10,14,16,19-20H,11-12H2,1-7H3/t16?,19-,20-,22+/m0/s1. The monoisotopic (exact) mass is 340 g/mol. The molecule has 2 aliphatic rings. The van der Waals surface area contributed by atoms with Crippen LogP contribution in [0.5, 0.6) is 0 Å². The van der Waals surface area contributed by atoms with E-state index < -0.39 is 0 Å². The number of fused-ring (bicyclic) bond motifs is 1. The molecule has 25 heavy (non-hydrogen) atoms. The van der Waals surface area contributed by atoms with E-state index in [1.165, 1.54) is 11.1 Å². The van der Waals surface area contributed by atoms with Gasteiger partial charge in [0.2, 0.25) is 0 Å². The highest BCUT2D eigenvalue weighted by Gasteiger charge is 2.57. The number of hydroxylamine groups is 2. The van der Waals surface area contributed by atoms with Crippen molar-refractivity contribution in [3.05, 3.63) is 34.9 Å². The van der Waals surface area contributed by atoms with E-state index in [0.29, 0.717) is 23.9 Å². The maximum absolute atomic E-state index is 9.64. The summed E-state index contributed by atoms with van der Waals surface area (Å²) in [6.07, 6.45) is 2.16. The van der Waals surface area contributed by atoms with Crippen molar-refractivity contribution < 1.29 is 4.84 Å². The Bertz CT molecular complexity index is 702. The molecule has 1 aromatic rings. The molecule has 1 unspecified atom stereocenters. The number of hydrogen-bond acceptors (Lipinski definition) is 3. The third-order valence-electron chi connectivity index (χ3n) is 6.42. The number of nitrogens with zero attached hydrogens (tertiary/aromatic N) is 2. The van der Waals surface area contributed by atoms with E-state index in [1.807, 2.05) is 12.1 Å². The summed E-state index contributed by atoms with van der Waals surface area (Å²) in [6.45, 7) is 15.7. The summed E-state index contributed by atoms with van der Waals surface area (Å²) in [4.78, 5) is 6.41. The number of hydrogen-bond donors (Lipinski definition) is 0. The van der Waals surface area contributed by atoms with Crippen LogP contribution in [0.15, 0.2) is 18.2 Å². The van der Waals surface area contributed by atoms with Crippen LogP contribution in [0.2, 0.25) is 0 Å². The molecule has 0 radical (unpaired) electrons. The maximum atomic E-state index is 9.64. The predicted molar refractivity (Wildman–Crippen MR) is 101 cm³/mol. The maximum Gasteiger partial charge on any atom is 0.0994 e. The van der Waals surface area contributed by atoms with Gasteiger partial charge in [0.15, 0.2) is 0 Å². The highest BCUT2D eigenvalue weighted by Crippen LogP contribution is 2.54. The van der Waals surface area contributed by atoms with Crippen molar-refractivity contribution in [1.29, 1.82) is 5.26 Å². The molecule has 0 spiro atoms. The molecule has 1 saturated carbocycles. The van der Waals surface area contributed by atoms with Crippen molar-refractivity contribution in [1.82, 2.24) is 5.06 Å². The molecule has 1 aromatic carbocycles. The molecule has 0 aromatic heterocycles. The minimum absolute atomic E-state index is 0.0191. The van der Waals surface area contributed by atoms with Crippen LogP contribution in [-0.2, 0) is 10.3 Å². The molecule has 1 saturated heterocycles. The molecule has 1 heterocycles. The number of benzene rings is 1. The fourth-order valence-electron chi connectivity index (χ4n) is 5.33. The van der Waals surface area contributed by atoms with Gasteiger partial charge in [-0.2, -0.15) is 10.3 Å². The summed E-state index contributed by atoms with van der Waals surface area (Å²) in [5, 5.41) is 11.9. The molecule has 136 valence electrons. The van der Waals surface area contributed by atoms with Crippen LogP contribution in [0.4, 0.5) is 0 Å². The van der Waals surface area contributed by atoms with Crippen molar-refractivity contribution in [2.45, 2.75) is 84.4 Å². The second-order valence-corrected chi connectivity index (χ2v) is 9.35. The minimum Gasteiger partial charge on any atom is -0.292 e. The molecule has 2 fully saturated rings. The quantitative estimate of drug-likeness (QED) is 0.762. The van der Waals surface area contributed by atoms with Gasteiger partial charge < -0.3 is 0 Å². The molecule has 3 heteroatoms. The Kier molecular flexibility index (Phi) is 4.50. The molecular formula is C22H32N2O. The van der Waals surface area contributed by atoms with Crippen LogP contribution in [0.1, 0.15) is 71.1 Å². The second-order valence-electron chi connectivity index (χ2n) is 9.35. The summed E-state index contributed by atoms with van der Waals surface area (Å²) in [6, 6.07) is 9.53. The number of nitriles is 1. The molecule has 3 rings (SSSR count). The number of aryl methyl sites for hydroxylation is 1. The summed E-state index contributed by atoms with van der Waals surface area (Å²) < 4.78 is 0. The van der Waals surface area contributed by atoms with Crippen molar-refractivity contribution in [3.63, 3.8) is 0 Å². The summed E-state index contributed by atoms with van der Waals surface area (Å²) in [5.41, 5.74) is 3.14. The Morgan fingerprint density at radius 2 is 1.92 bits per heavy atom. The lowest BCUT2D eigenvalue weighted by Gasteiger charge is -2.47. The lowest BCUT2D eigenvalue weighted by atomic mass is 9.58. The first-order valence-corrected chi connectivity index (χ1v) is 9.58. The van der Waals surface area contributed by atoms with E-state index in [4.69, 9.17) is 4.84 Å². The van der Waals surface area contributed by atoms with Gasteiger partial charge in [-0.15, -0.1) is 0 Å². The number of rotatable bonds is 2. The zero-order chi connectivity index (χ0) is 18.6. The van der Waals surface area contributed by atoms with Crippen molar-refractivity contribution in [3.8, 4) is 6.07 Å². The van der Waals surface area contributed by atoms with E-state index in [-0.39, 0.29) is 11.0 Å². The zero-order valence-electron chi connectivity index (χ0n) is 16.8. The fraction of sp³-hybridized carbons (Fsp3) is 0.682. The SMILES string of the molecule is Cc1ccc(C#N)c([C@]2(C)CC(C)[C@H]3[C@H](C2)C(C)(C)ON3C(C)C)c1. The molecule has 3 nitrogen and oxygen atoms in total. The Morgan fingerprint density at radius 3 is 2.52 bits per heavy atom. The van der Waals surface area contributed by atoms with Crippen LogP contribution in [0, 0.1) is 30.1 Å². The Hall–Kier alpha value is -1.37. The van der Waals surface area contributed by atoms with Gasteiger partial charge >= 0.3 is 0 Å². The molecule has 4 atom stereocenters. The first-order chi connectivity index (χ1) is 11.6. The summed E-state index contributed by atoms with van der Waals surface area (Å²) in [7, 11) is 0. The smallest absolute Gasteiger partial charge is 0.0994 e. The largest absolute Gasteiger partial charge is 0.292 e. The first-order valence-electron chi connectivity index (χ1n) is 9.58. The Balaban J connectivity index is 2.03. The fourth-order valence-corrected chi connectivity index (χ4v) is 5.33. The third kappa shape index (κ3) is 3.00. The van der Waals surface area contributed by atoms with Crippen LogP contribution in [0.25, 0.3) is 0 Å². The average Bonchev–Trinajstić information content (AvgIpc) is 2.79. The van der Waals surface area contributed by atoms with Crippen LogP contribution < -0.4 is 0 Å². The molecule has 0 bridgehead atoms. The van der Waals surface area contributed by atoms with Crippen LogP contribution in [-0.4, -0.2) is 22.7 Å². The van der Waals surface area contributed by atoms with Gasteiger partial charge in [0.25, 0.3) is 0 Å². The van der Waals surface area contributed by atoms with Gasteiger partial charge in [0, 0.05) is 18.0 Å². The van der Waals surface area contributed by atoms with Gasteiger partial charge in [-0.3, -0.25) is 4.84 Å². The van der Waals surface area contributed by atoms with Crippen molar-refractivity contribution >= 4 is 0 Å². The topological polar surface area (TPSA) is 36.3 Å². The van der Waals surface area contributed by atoms with Gasteiger partial charge in [-0.1, -0.05) is 31.5 Å². The highest BCUT2D eigenvalue weighted by atomic mass is 16.7. The highest BCUT2D eigenvalue weighted by molar-refractivity contribution is 5.45.